The first-order valence-corrected chi connectivity index (χ1v) is 11.6. The summed E-state index contributed by atoms with van der Waals surface area (Å²) in [4.78, 5) is 16.9. The fourth-order valence-corrected chi connectivity index (χ4v) is 4.86. The number of nitrogens with zero attached hydrogens (tertiary/aromatic N) is 2. The highest BCUT2D eigenvalue weighted by Gasteiger charge is 2.25. The molecule has 0 saturated carbocycles. The Morgan fingerprint density at radius 1 is 1.21 bits per heavy atom. The lowest BCUT2D eigenvalue weighted by atomic mass is 9.94. The monoisotopic (exact) mass is 425 g/mol. The largest absolute Gasteiger partial charge is 0.496 e. The van der Waals surface area contributed by atoms with E-state index in [4.69, 9.17) is 9.47 Å². The Bertz CT molecular complexity index is 800. The number of carbonyl (C=O) groups is 1. The van der Waals surface area contributed by atoms with E-state index in [0.29, 0.717) is 44.5 Å². The molecule has 0 aromatic heterocycles. The summed E-state index contributed by atoms with van der Waals surface area (Å²) in [6, 6.07) is 4.43. The van der Waals surface area contributed by atoms with Crippen LogP contribution in [0.4, 0.5) is 0 Å². The number of hydrogen-bond acceptors (Lipinski definition) is 6. The van der Waals surface area contributed by atoms with Crippen LogP contribution in [0.1, 0.15) is 29.6 Å². The number of amides is 1. The van der Waals surface area contributed by atoms with Crippen molar-refractivity contribution in [3.8, 4) is 5.75 Å². The standard InChI is InChI=1S/C20H31N3O5S/c1-22-9-6-16(7-10-22)5-8-21-29(25,26)17-3-4-19(27-2)18(15-17)20(24)23-11-13-28-14-12-23/h3-4,15-16,21H,5-14H2,1-2H3. The summed E-state index contributed by atoms with van der Waals surface area (Å²) in [5, 5.41) is 0. The number of ether oxygens (including phenoxy) is 2. The quantitative estimate of drug-likeness (QED) is 0.706. The van der Waals surface area contributed by atoms with Gasteiger partial charge in [-0.25, -0.2) is 13.1 Å². The Balaban J connectivity index is 1.67. The van der Waals surface area contributed by atoms with Gasteiger partial charge in [-0.05, 0) is 63.5 Å². The van der Waals surface area contributed by atoms with Gasteiger partial charge in [0.05, 0.1) is 30.8 Å². The van der Waals surface area contributed by atoms with Crippen molar-refractivity contribution in [3.63, 3.8) is 0 Å². The molecular weight excluding hydrogens is 394 g/mol. The lowest BCUT2D eigenvalue weighted by Gasteiger charge is -2.28. The van der Waals surface area contributed by atoms with Crippen molar-refractivity contribution in [1.82, 2.24) is 14.5 Å². The second kappa shape index (κ2) is 9.88. The van der Waals surface area contributed by atoms with E-state index in [0.717, 1.165) is 32.4 Å². The minimum atomic E-state index is -3.69. The summed E-state index contributed by atoms with van der Waals surface area (Å²) in [5.74, 6) is 0.670. The molecule has 2 aliphatic heterocycles. The molecule has 9 heteroatoms. The van der Waals surface area contributed by atoms with E-state index in [1.54, 1.807) is 11.0 Å². The fraction of sp³-hybridized carbons (Fsp3) is 0.650. The molecule has 0 spiro atoms. The number of carbonyl (C=O) groups excluding carboxylic acids is 1. The van der Waals surface area contributed by atoms with Crippen LogP contribution in [0.2, 0.25) is 0 Å². The Kier molecular flexibility index (Phi) is 7.50. The zero-order chi connectivity index (χ0) is 20.9. The van der Waals surface area contributed by atoms with Crippen molar-refractivity contribution >= 4 is 15.9 Å². The topological polar surface area (TPSA) is 88.2 Å². The maximum absolute atomic E-state index is 12.9. The molecule has 1 aromatic carbocycles. The molecule has 0 bridgehead atoms. The van der Waals surface area contributed by atoms with Gasteiger partial charge in [0.25, 0.3) is 5.91 Å². The summed E-state index contributed by atoms with van der Waals surface area (Å²) in [6.45, 7) is 4.43. The van der Waals surface area contributed by atoms with Crippen molar-refractivity contribution in [2.24, 2.45) is 5.92 Å². The lowest BCUT2D eigenvalue weighted by molar-refractivity contribution is 0.0300. The van der Waals surface area contributed by atoms with E-state index in [2.05, 4.69) is 16.7 Å². The second-order valence-electron chi connectivity index (χ2n) is 7.70. The van der Waals surface area contributed by atoms with Gasteiger partial charge in [-0.1, -0.05) is 0 Å². The van der Waals surface area contributed by atoms with Crippen LogP contribution in [-0.2, 0) is 14.8 Å². The van der Waals surface area contributed by atoms with Gasteiger partial charge in [0.2, 0.25) is 10.0 Å². The third kappa shape index (κ3) is 5.69. The normalized spacial score (nSPS) is 19.3. The first kappa shape index (κ1) is 22.0. The minimum Gasteiger partial charge on any atom is -0.496 e. The van der Waals surface area contributed by atoms with Gasteiger partial charge >= 0.3 is 0 Å². The number of piperidine rings is 1. The van der Waals surface area contributed by atoms with Gasteiger partial charge in [-0.2, -0.15) is 0 Å². The average molecular weight is 426 g/mol. The molecule has 162 valence electrons. The van der Waals surface area contributed by atoms with Crippen molar-refractivity contribution in [2.75, 3.05) is 60.1 Å². The molecule has 2 fully saturated rings. The highest BCUT2D eigenvalue weighted by Crippen LogP contribution is 2.25. The minimum absolute atomic E-state index is 0.0817. The molecule has 2 saturated heterocycles. The van der Waals surface area contributed by atoms with E-state index < -0.39 is 10.0 Å². The average Bonchev–Trinajstić information content (AvgIpc) is 2.74. The van der Waals surface area contributed by atoms with Crippen LogP contribution < -0.4 is 9.46 Å². The number of likely N-dealkylation sites (tertiary alicyclic amines) is 1. The van der Waals surface area contributed by atoms with Crippen LogP contribution in [0.15, 0.2) is 23.1 Å². The highest BCUT2D eigenvalue weighted by atomic mass is 32.2. The molecule has 1 aromatic rings. The van der Waals surface area contributed by atoms with E-state index >= 15 is 0 Å². The summed E-state index contributed by atoms with van der Waals surface area (Å²) >= 11 is 0. The van der Waals surface area contributed by atoms with Gasteiger partial charge in [0.15, 0.2) is 0 Å². The maximum atomic E-state index is 12.9. The van der Waals surface area contributed by atoms with Gasteiger partial charge in [-0.3, -0.25) is 4.79 Å². The van der Waals surface area contributed by atoms with E-state index in [1.807, 2.05) is 0 Å². The Morgan fingerprint density at radius 3 is 2.55 bits per heavy atom. The Morgan fingerprint density at radius 2 is 1.90 bits per heavy atom. The van der Waals surface area contributed by atoms with Gasteiger partial charge in [0.1, 0.15) is 5.75 Å². The fourth-order valence-electron chi connectivity index (χ4n) is 3.79. The molecule has 2 aliphatic rings. The molecule has 2 heterocycles. The Labute approximate surface area is 173 Å². The van der Waals surface area contributed by atoms with Gasteiger partial charge in [-0.15, -0.1) is 0 Å². The van der Waals surface area contributed by atoms with Gasteiger partial charge in [0, 0.05) is 19.6 Å². The molecule has 0 radical (unpaired) electrons. The van der Waals surface area contributed by atoms with Crippen molar-refractivity contribution < 1.29 is 22.7 Å². The van der Waals surface area contributed by atoms with Crippen LogP contribution >= 0.6 is 0 Å². The molecule has 0 unspecified atom stereocenters. The number of benzene rings is 1. The number of methoxy groups -OCH3 is 1. The zero-order valence-corrected chi connectivity index (χ0v) is 18.0. The van der Waals surface area contributed by atoms with Crippen molar-refractivity contribution in [2.45, 2.75) is 24.2 Å². The molecule has 0 aliphatic carbocycles. The summed E-state index contributed by atoms with van der Waals surface area (Å²) in [5.41, 5.74) is 0.257. The smallest absolute Gasteiger partial charge is 0.257 e. The van der Waals surface area contributed by atoms with E-state index in [9.17, 15) is 13.2 Å². The number of sulfonamides is 1. The third-order valence-corrected chi connectivity index (χ3v) is 7.15. The molecule has 29 heavy (non-hydrogen) atoms. The van der Waals surface area contributed by atoms with Crippen LogP contribution in [-0.4, -0.2) is 84.2 Å². The molecule has 1 amide bonds. The predicted octanol–water partition coefficient (Wildman–Crippen LogP) is 1.18. The molecule has 0 atom stereocenters. The number of rotatable bonds is 7. The van der Waals surface area contributed by atoms with E-state index in [-0.39, 0.29) is 16.4 Å². The van der Waals surface area contributed by atoms with Crippen molar-refractivity contribution in [3.05, 3.63) is 23.8 Å². The SMILES string of the molecule is COc1ccc(S(=O)(=O)NCCC2CCN(C)CC2)cc1C(=O)N1CCOCC1. The number of nitrogens with one attached hydrogen (secondary N) is 1. The number of hydrogen-bond donors (Lipinski definition) is 1. The third-order valence-electron chi connectivity index (χ3n) is 5.69. The highest BCUT2D eigenvalue weighted by molar-refractivity contribution is 7.89. The summed E-state index contributed by atoms with van der Waals surface area (Å²) in [6.07, 6.45) is 3.01. The summed E-state index contributed by atoms with van der Waals surface area (Å²) < 4.78 is 38.8. The van der Waals surface area contributed by atoms with Crippen LogP contribution in [0.25, 0.3) is 0 Å². The summed E-state index contributed by atoms with van der Waals surface area (Å²) in [7, 11) is -0.114. The van der Waals surface area contributed by atoms with Crippen molar-refractivity contribution in [1.29, 1.82) is 0 Å². The lowest BCUT2D eigenvalue weighted by Crippen LogP contribution is -2.40. The van der Waals surface area contributed by atoms with Crippen LogP contribution in [0, 0.1) is 5.92 Å². The maximum Gasteiger partial charge on any atom is 0.257 e. The van der Waals surface area contributed by atoms with E-state index in [1.165, 1.54) is 19.2 Å². The number of morpholine rings is 1. The Hall–Kier alpha value is -1.68. The van der Waals surface area contributed by atoms with Crippen LogP contribution in [0.5, 0.6) is 5.75 Å². The molecule has 1 N–H and O–H groups in total. The first-order valence-electron chi connectivity index (χ1n) is 10.1. The zero-order valence-electron chi connectivity index (χ0n) is 17.2. The second-order valence-corrected chi connectivity index (χ2v) is 9.47. The molecule has 8 nitrogen and oxygen atoms in total. The predicted molar refractivity (Wildman–Crippen MR) is 110 cm³/mol. The van der Waals surface area contributed by atoms with Crippen LogP contribution in [0.3, 0.4) is 0 Å². The molecular formula is C20H31N3O5S. The first-order chi connectivity index (χ1) is 13.9. The molecule has 3 rings (SSSR count). The van der Waals surface area contributed by atoms with Gasteiger partial charge < -0.3 is 19.3 Å².